The number of unbranched alkanes of at least 4 members (excludes halogenated alkanes) is 3. The van der Waals surface area contributed by atoms with Crippen molar-refractivity contribution >= 4 is 46.8 Å². The van der Waals surface area contributed by atoms with Gasteiger partial charge in [-0.1, -0.05) is 61.7 Å². The Morgan fingerprint density at radius 2 is 2.00 bits per heavy atom. The number of hydrogen-bond acceptors (Lipinski definition) is 6. The van der Waals surface area contributed by atoms with E-state index in [4.69, 9.17) is 11.6 Å². The molecule has 2 N–H and O–H groups in total. The highest BCUT2D eigenvalue weighted by atomic mass is 35.5. The van der Waals surface area contributed by atoms with Gasteiger partial charge in [0.25, 0.3) is 0 Å². The largest absolute Gasteiger partial charge is 0.355 e. The van der Waals surface area contributed by atoms with Crippen LogP contribution in [0.3, 0.4) is 0 Å². The molecule has 1 aliphatic heterocycles. The van der Waals surface area contributed by atoms with Crippen molar-refractivity contribution in [1.82, 2.24) is 20.2 Å². The van der Waals surface area contributed by atoms with Crippen LogP contribution in [0, 0.1) is 6.92 Å². The quantitative estimate of drug-likeness (QED) is 0.200. The highest BCUT2D eigenvalue weighted by molar-refractivity contribution is 7.99. The number of amides is 3. The van der Waals surface area contributed by atoms with Crippen LogP contribution in [0.25, 0.3) is 0 Å². The van der Waals surface area contributed by atoms with Crippen molar-refractivity contribution in [2.45, 2.75) is 57.7 Å². The van der Waals surface area contributed by atoms with Gasteiger partial charge in [-0.05, 0) is 38.0 Å². The van der Waals surface area contributed by atoms with Crippen molar-refractivity contribution in [1.29, 1.82) is 0 Å². The molecule has 2 aromatic rings. The molecule has 10 heteroatoms. The number of nitrogens with zero attached hydrogens (tertiary/aromatic N) is 4. The molecule has 0 saturated carbocycles. The van der Waals surface area contributed by atoms with Gasteiger partial charge < -0.3 is 20.4 Å². The number of anilines is 2. The fourth-order valence-electron chi connectivity index (χ4n) is 3.96. The Bertz CT molecular complexity index is 1010. The van der Waals surface area contributed by atoms with E-state index in [1.54, 1.807) is 6.07 Å². The van der Waals surface area contributed by atoms with E-state index in [-0.39, 0.29) is 23.7 Å². The third-order valence-electron chi connectivity index (χ3n) is 5.83. The third-order valence-corrected chi connectivity index (χ3v) is 6.87. The predicted octanol–water partition coefficient (Wildman–Crippen LogP) is 4.97. The average molecular weight is 519 g/mol. The number of benzene rings is 1. The first-order valence-corrected chi connectivity index (χ1v) is 13.6. The monoisotopic (exact) mass is 518 g/mol. The molecule has 1 aromatic heterocycles. The predicted molar refractivity (Wildman–Crippen MR) is 143 cm³/mol. The molecule has 1 aromatic carbocycles. The van der Waals surface area contributed by atoms with Gasteiger partial charge in [0.05, 0.1) is 5.75 Å². The normalized spacial score (nSPS) is 15.7. The van der Waals surface area contributed by atoms with Crippen molar-refractivity contribution in [2.75, 3.05) is 42.1 Å². The van der Waals surface area contributed by atoms with Crippen molar-refractivity contribution in [2.24, 2.45) is 0 Å². The molecule has 0 aliphatic carbocycles. The second-order valence-electron chi connectivity index (χ2n) is 8.82. The molecule has 0 radical (unpaired) electrons. The van der Waals surface area contributed by atoms with Gasteiger partial charge in [-0.3, -0.25) is 4.79 Å². The number of carbonyl (C=O) groups excluding carboxylic acids is 2. The number of aryl methyl sites for hydroxylation is 1. The van der Waals surface area contributed by atoms with Crippen LogP contribution in [0.5, 0.6) is 0 Å². The lowest BCUT2D eigenvalue weighted by atomic mass is 10.2. The maximum Gasteiger partial charge on any atom is 0.322 e. The number of halogens is 1. The fourth-order valence-corrected chi connectivity index (χ4v) is 4.87. The van der Waals surface area contributed by atoms with Crippen molar-refractivity contribution in [3.05, 3.63) is 41.0 Å². The number of thioether (sulfide) groups is 1. The van der Waals surface area contributed by atoms with Crippen LogP contribution in [-0.2, 0) is 4.79 Å². The summed E-state index contributed by atoms with van der Waals surface area (Å²) in [6.07, 6.45) is 4.49. The SMILES string of the molecule is CCCCCCNC(=O)CSc1nc(Cl)cc(N2CCN(C(=O)Nc3cccc(C)c3)C(C)C2)n1. The Morgan fingerprint density at radius 3 is 2.74 bits per heavy atom. The maximum absolute atomic E-state index is 12.8. The molecule has 0 spiro atoms. The molecule has 190 valence electrons. The van der Waals surface area contributed by atoms with Crippen LogP contribution in [0.2, 0.25) is 5.15 Å². The van der Waals surface area contributed by atoms with Crippen LogP contribution in [0.1, 0.15) is 45.1 Å². The molecule has 35 heavy (non-hydrogen) atoms. The Hall–Kier alpha value is -2.52. The highest BCUT2D eigenvalue weighted by Gasteiger charge is 2.28. The van der Waals surface area contributed by atoms with Crippen LogP contribution in [-0.4, -0.2) is 64.8 Å². The molecule has 1 fully saturated rings. The van der Waals surface area contributed by atoms with Crippen LogP contribution in [0.4, 0.5) is 16.3 Å². The molecule has 0 bridgehead atoms. The number of hydrogen-bond donors (Lipinski definition) is 2. The number of carbonyl (C=O) groups is 2. The van der Waals surface area contributed by atoms with E-state index in [0.29, 0.717) is 42.3 Å². The minimum absolute atomic E-state index is 0.0168. The van der Waals surface area contributed by atoms with E-state index in [1.165, 1.54) is 24.6 Å². The van der Waals surface area contributed by atoms with E-state index in [1.807, 2.05) is 43.0 Å². The van der Waals surface area contributed by atoms with Gasteiger partial charge in [-0.25, -0.2) is 14.8 Å². The Kier molecular flexibility index (Phi) is 10.5. The number of aromatic nitrogens is 2. The maximum atomic E-state index is 12.8. The summed E-state index contributed by atoms with van der Waals surface area (Å²) in [5.74, 6) is 0.924. The van der Waals surface area contributed by atoms with Crippen molar-refractivity contribution in [3.8, 4) is 0 Å². The highest BCUT2D eigenvalue weighted by Crippen LogP contribution is 2.24. The molecule has 1 unspecified atom stereocenters. The second kappa shape index (κ2) is 13.5. The number of piperazine rings is 1. The smallest absolute Gasteiger partial charge is 0.322 e. The fraction of sp³-hybridized carbons (Fsp3) is 0.520. The van der Waals surface area contributed by atoms with E-state index >= 15 is 0 Å². The molecule has 8 nitrogen and oxygen atoms in total. The van der Waals surface area contributed by atoms with Crippen LogP contribution >= 0.6 is 23.4 Å². The summed E-state index contributed by atoms with van der Waals surface area (Å²) in [6.45, 7) is 8.68. The van der Waals surface area contributed by atoms with Crippen LogP contribution < -0.4 is 15.5 Å². The lowest BCUT2D eigenvalue weighted by Crippen LogP contribution is -2.55. The summed E-state index contributed by atoms with van der Waals surface area (Å²) in [7, 11) is 0. The topological polar surface area (TPSA) is 90.5 Å². The molecule has 3 rings (SSSR count). The molecule has 1 atom stereocenters. The minimum atomic E-state index is -0.111. The molecular formula is C25H35ClN6O2S. The number of nitrogens with one attached hydrogen (secondary N) is 2. The molecule has 2 heterocycles. The first kappa shape index (κ1) is 27.1. The Morgan fingerprint density at radius 1 is 1.17 bits per heavy atom. The zero-order valence-corrected chi connectivity index (χ0v) is 22.3. The Balaban J connectivity index is 1.52. The van der Waals surface area contributed by atoms with Gasteiger partial charge in [0.15, 0.2) is 5.16 Å². The summed E-state index contributed by atoms with van der Waals surface area (Å²) in [4.78, 5) is 37.8. The lowest BCUT2D eigenvalue weighted by molar-refractivity contribution is -0.118. The van der Waals surface area contributed by atoms with E-state index in [9.17, 15) is 9.59 Å². The average Bonchev–Trinajstić information content (AvgIpc) is 2.82. The van der Waals surface area contributed by atoms with Crippen molar-refractivity contribution in [3.63, 3.8) is 0 Å². The van der Waals surface area contributed by atoms with E-state index in [0.717, 1.165) is 24.1 Å². The summed E-state index contributed by atoms with van der Waals surface area (Å²) >= 11 is 7.55. The minimum Gasteiger partial charge on any atom is -0.355 e. The summed E-state index contributed by atoms with van der Waals surface area (Å²) in [5, 5.41) is 6.74. The first-order chi connectivity index (χ1) is 16.9. The summed E-state index contributed by atoms with van der Waals surface area (Å²) < 4.78 is 0. The standard InChI is InChI=1S/C25H35ClN6O2S/c1-4-5-6-7-11-27-23(33)17-35-24-29-21(26)15-22(30-24)31-12-13-32(19(3)16-31)25(34)28-20-10-8-9-18(2)14-20/h8-10,14-15,19H,4-7,11-13,16-17H2,1-3H3,(H,27,33)(H,28,34). The lowest BCUT2D eigenvalue weighted by Gasteiger charge is -2.40. The second-order valence-corrected chi connectivity index (χ2v) is 10.1. The van der Waals surface area contributed by atoms with Gasteiger partial charge >= 0.3 is 6.03 Å². The van der Waals surface area contributed by atoms with Gasteiger partial charge in [0.1, 0.15) is 11.0 Å². The van der Waals surface area contributed by atoms with Gasteiger partial charge in [-0.2, -0.15) is 0 Å². The van der Waals surface area contributed by atoms with Gasteiger partial charge in [0, 0.05) is 44.0 Å². The zero-order chi connectivity index (χ0) is 25.2. The van der Waals surface area contributed by atoms with Crippen LogP contribution in [0.15, 0.2) is 35.5 Å². The van der Waals surface area contributed by atoms with E-state index in [2.05, 4.69) is 32.4 Å². The molecule has 3 amide bonds. The summed E-state index contributed by atoms with van der Waals surface area (Å²) in [5.41, 5.74) is 1.89. The van der Waals surface area contributed by atoms with Gasteiger partial charge in [-0.15, -0.1) is 0 Å². The van der Waals surface area contributed by atoms with Crippen molar-refractivity contribution < 1.29 is 9.59 Å². The van der Waals surface area contributed by atoms with E-state index < -0.39 is 0 Å². The van der Waals surface area contributed by atoms with Gasteiger partial charge in [0.2, 0.25) is 5.91 Å². The molecule has 1 aliphatic rings. The summed E-state index contributed by atoms with van der Waals surface area (Å²) in [6, 6.07) is 9.37. The first-order valence-electron chi connectivity index (χ1n) is 12.2. The molecule has 1 saturated heterocycles. The molecular weight excluding hydrogens is 484 g/mol. The Labute approximate surface area is 217 Å². The zero-order valence-electron chi connectivity index (χ0n) is 20.7. The number of urea groups is 1. The number of rotatable bonds is 10. The third kappa shape index (κ3) is 8.58.